The zero-order valence-corrected chi connectivity index (χ0v) is 21.6. The van der Waals surface area contributed by atoms with Crippen molar-refractivity contribution in [2.75, 3.05) is 34.4 Å². The first-order valence-electron chi connectivity index (χ1n) is 12.2. The monoisotopic (exact) mass is 519 g/mol. The van der Waals surface area contributed by atoms with Crippen LogP contribution in [0.3, 0.4) is 0 Å². The predicted molar refractivity (Wildman–Crippen MR) is 140 cm³/mol. The van der Waals surface area contributed by atoms with Crippen molar-refractivity contribution in [3.63, 3.8) is 0 Å². The van der Waals surface area contributed by atoms with Gasteiger partial charge in [0.15, 0.2) is 11.5 Å². The zero-order chi connectivity index (χ0) is 26.9. The zero-order valence-electron chi connectivity index (χ0n) is 21.6. The van der Waals surface area contributed by atoms with Gasteiger partial charge < -0.3 is 23.6 Å². The maximum atomic E-state index is 13.3. The Morgan fingerprint density at radius 1 is 0.868 bits per heavy atom. The van der Waals surface area contributed by atoms with Gasteiger partial charge in [-0.15, -0.1) is 0 Å². The number of amides is 1. The van der Waals surface area contributed by atoms with E-state index in [1.165, 1.54) is 33.5 Å². The summed E-state index contributed by atoms with van der Waals surface area (Å²) in [6, 6.07) is 19.4. The molecule has 1 heterocycles. The number of methoxy groups -OCH3 is 3. The van der Waals surface area contributed by atoms with Crippen molar-refractivity contribution in [2.24, 2.45) is 0 Å². The third kappa shape index (κ3) is 6.67. The third-order valence-electron chi connectivity index (χ3n) is 6.12. The summed E-state index contributed by atoms with van der Waals surface area (Å²) < 4.78 is 35.0. The molecule has 1 aromatic heterocycles. The van der Waals surface area contributed by atoms with Crippen molar-refractivity contribution in [3.05, 3.63) is 89.6 Å². The Balaban J connectivity index is 1.48. The molecule has 0 fully saturated rings. The summed E-state index contributed by atoms with van der Waals surface area (Å²) >= 11 is 0. The van der Waals surface area contributed by atoms with E-state index < -0.39 is 0 Å². The van der Waals surface area contributed by atoms with Crippen molar-refractivity contribution < 1.29 is 27.9 Å². The average molecular weight is 520 g/mol. The summed E-state index contributed by atoms with van der Waals surface area (Å²) in [6.07, 6.45) is 1.26. The minimum Gasteiger partial charge on any atom is -0.493 e. The number of hydrogen-bond acceptors (Lipinski definition) is 7. The third-order valence-corrected chi connectivity index (χ3v) is 6.12. The van der Waals surface area contributed by atoms with E-state index in [9.17, 15) is 9.18 Å². The van der Waals surface area contributed by atoms with Crippen molar-refractivity contribution in [1.29, 1.82) is 0 Å². The summed E-state index contributed by atoms with van der Waals surface area (Å²) in [5, 5.41) is 4.11. The highest BCUT2D eigenvalue weighted by molar-refractivity contribution is 5.78. The van der Waals surface area contributed by atoms with Crippen LogP contribution in [-0.2, 0) is 24.1 Å². The highest BCUT2D eigenvalue weighted by Crippen LogP contribution is 2.40. The molecule has 9 heteroatoms. The number of nitrogens with zero attached hydrogens (tertiary/aromatic N) is 3. The Kier molecular flexibility index (Phi) is 8.92. The molecule has 4 aromatic rings. The van der Waals surface area contributed by atoms with E-state index in [1.807, 2.05) is 30.3 Å². The fourth-order valence-electron chi connectivity index (χ4n) is 4.07. The minimum absolute atomic E-state index is 0.0584. The Hall–Kier alpha value is -4.40. The van der Waals surface area contributed by atoms with Crippen LogP contribution in [0.2, 0.25) is 0 Å². The van der Waals surface area contributed by atoms with Gasteiger partial charge in [-0.05, 0) is 41.8 Å². The SMILES string of the molecule is COc1cc(-c2noc(CCN(CCc3ccccc3)C(=O)Cc3ccc(F)cc3)n2)cc(OC)c1OC. The molecule has 0 bridgehead atoms. The van der Waals surface area contributed by atoms with E-state index >= 15 is 0 Å². The number of aromatic nitrogens is 2. The van der Waals surface area contributed by atoms with Gasteiger partial charge in [-0.3, -0.25) is 4.79 Å². The second-order valence-corrected chi connectivity index (χ2v) is 8.60. The van der Waals surface area contributed by atoms with E-state index in [0.717, 1.165) is 11.1 Å². The lowest BCUT2D eigenvalue weighted by Crippen LogP contribution is -2.36. The number of ether oxygens (including phenoxy) is 3. The molecule has 3 aromatic carbocycles. The minimum atomic E-state index is -0.332. The van der Waals surface area contributed by atoms with Crippen LogP contribution in [0, 0.1) is 5.82 Å². The van der Waals surface area contributed by atoms with Crippen LogP contribution in [0.4, 0.5) is 4.39 Å². The molecule has 0 aliphatic heterocycles. The maximum Gasteiger partial charge on any atom is 0.228 e. The molecule has 0 saturated carbocycles. The van der Waals surface area contributed by atoms with Gasteiger partial charge in [0, 0.05) is 25.1 Å². The van der Waals surface area contributed by atoms with Gasteiger partial charge in [-0.2, -0.15) is 4.98 Å². The second-order valence-electron chi connectivity index (χ2n) is 8.60. The summed E-state index contributed by atoms with van der Waals surface area (Å²) in [7, 11) is 4.61. The molecule has 198 valence electrons. The maximum absolute atomic E-state index is 13.3. The van der Waals surface area contributed by atoms with Gasteiger partial charge >= 0.3 is 0 Å². The van der Waals surface area contributed by atoms with Gasteiger partial charge in [0.05, 0.1) is 27.8 Å². The van der Waals surface area contributed by atoms with E-state index in [4.69, 9.17) is 18.7 Å². The first-order valence-corrected chi connectivity index (χ1v) is 12.2. The number of carbonyl (C=O) groups excluding carboxylic acids is 1. The topological polar surface area (TPSA) is 86.9 Å². The first kappa shape index (κ1) is 26.7. The molecule has 0 spiro atoms. The molecular weight excluding hydrogens is 489 g/mol. The number of halogens is 1. The lowest BCUT2D eigenvalue weighted by Gasteiger charge is -2.22. The fraction of sp³-hybridized carbons (Fsp3) is 0.276. The van der Waals surface area contributed by atoms with Crippen molar-refractivity contribution >= 4 is 5.91 Å². The van der Waals surface area contributed by atoms with E-state index in [1.54, 1.807) is 29.2 Å². The molecule has 0 aliphatic carbocycles. The normalized spacial score (nSPS) is 10.7. The largest absolute Gasteiger partial charge is 0.493 e. The van der Waals surface area contributed by atoms with Gasteiger partial charge in [-0.1, -0.05) is 47.6 Å². The number of hydrogen-bond donors (Lipinski definition) is 0. The molecule has 0 unspecified atom stereocenters. The highest BCUT2D eigenvalue weighted by Gasteiger charge is 2.19. The Labute approximate surface area is 220 Å². The molecule has 0 radical (unpaired) electrons. The predicted octanol–water partition coefficient (Wildman–Crippen LogP) is 4.76. The first-order chi connectivity index (χ1) is 18.5. The summed E-state index contributed by atoms with van der Waals surface area (Å²) in [6.45, 7) is 0.918. The molecule has 4 rings (SSSR count). The van der Waals surface area contributed by atoms with Gasteiger partial charge in [0.25, 0.3) is 0 Å². The van der Waals surface area contributed by atoms with Crippen LogP contribution in [0.1, 0.15) is 17.0 Å². The summed E-state index contributed by atoms with van der Waals surface area (Å²) in [5.41, 5.74) is 2.53. The average Bonchev–Trinajstić information content (AvgIpc) is 3.43. The van der Waals surface area contributed by atoms with E-state index in [0.29, 0.717) is 60.5 Å². The van der Waals surface area contributed by atoms with Crippen LogP contribution in [0.25, 0.3) is 11.4 Å². The summed E-state index contributed by atoms with van der Waals surface area (Å²) in [5.74, 6) is 1.80. The lowest BCUT2D eigenvalue weighted by atomic mass is 10.1. The quantitative estimate of drug-likeness (QED) is 0.267. The van der Waals surface area contributed by atoms with Crippen molar-refractivity contribution in [3.8, 4) is 28.6 Å². The molecule has 0 aliphatic rings. The van der Waals surface area contributed by atoms with Crippen LogP contribution in [0.15, 0.2) is 71.3 Å². The molecule has 8 nitrogen and oxygen atoms in total. The molecule has 1 amide bonds. The van der Waals surface area contributed by atoms with Crippen molar-refractivity contribution in [1.82, 2.24) is 15.0 Å². The van der Waals surface area contributed by atoms with E-state index in [2.05, 4.69) is 10.1 Å². The van der Waals surface area contributed by atoms with Gasteiger partial charge in [0.2, 0.25) is 23.4 Å². The Morgan fingerprint density at radius 3 is 2.16 bits per heavy atom. The van der Waals surface area contributed by atoms with Gasteiger partial charge in [-0.25, -0.2) is 4.39 Å². The van der Waals surface area contributed by atoms with Crippen molar-refractivity contribution in [2.45, 2.75) is 19.3 Å². The van der Waals surface area contributed by atoms with Crippen LogP contribution in [0.5, 0.6) is 17.2 Å². The lowest BCUT2D eigenvalue weighted by molar-refractivity contribution is -0.130. The van der Waals surface area contributed by atoms with Crippen LogP contribution >= 0.6 is 0 Å². The van der Waals surface area contributed by atoms with Crippen LogP contribution < -0.4 is 14.2 Å². The van der Waals surface area contributed by atoms with E-state index in [-0.39, 0.29) is 18.1 Å². The molecule has 0 saturated heterocycles. The van der Waals surface area contributed by atoms with Crippen LogP contribution in [-0.4, -0.2) is 55.4 Å². The number of carbonyl (C=O) groups is 1. The molecule has 38 heavy (non-hydrogen) atoms. The molecular formula is C29H30FN3O5. The summed E-state index contributed by atoms with van der Waals surface area (Å²) in [4.78, 5) is 19.5. The fourth-order valence-corrected chi connectivity index (χ4v) is 4.07. The second kappa shape index (κ2) is 12.7. The number of benzene rings is 3. The highest BCUT2D eigenvalue weighted by atomic mass is 19.1. The smallest absolute Gasteiger partial charge is 0.228 e. The Morgan fingerprint density at radius 2 is 1.53 bits per heavy atom. The van der Waals surface area contributed by atoms with Gasteiger partial charge in [0.1, 0.15) is 5.82 Å². The molecule has 0 N–H and O–H groups in total. The Bertz CT molecular complexity index is 1320. The molecule has 0 atom stereocenters. The standard InChI is InChI=1S/C29H30FN3O5/c1-35-24-18-22(19-25(36-2)28(24)37-3)29-31-26(38-32-29)14-16-33(15-13-20-7-5-4-6-8-20)27(34)17-21-9-11-23(30)12-10-21/h4-12,18-19H,13-17H2,1-3H3. The number of rotatable bonds is 12.